The van der Waals surface area contributed by atoms with Crippen molar-refractivity contribution in [2.24, 2.45) is 0 Å². The largest absolute Gasteiger partial charge is 0.376 e. The molecule has 4 heterocycles. The summed E-state index contributed by atoms with van der Waals surface area (Å²) in [5, 5.41) is 3.67. The molecule has 0 aliphatic carbocycles. The molecule has 2 N–H and O–H groups in total. The van der Waals surface area contributed by atoms with E-state index in [1.807, 2.05) is 30.5 Å². The van der Waals surface area contributed by atoms with Gasteiger partial charge in [0.1, 0.15) is 12.6 Å². The number of ether oxygens (including phenoxy) is 1. The zero-order valence-electron chi connectivity index (χ0n) is 18.7. The van der Waals surface area contributed by atoms with E-state index in [0.717, 1.165) is 34.2 Å². The van der Waals surface area contributed by atoms with Gasteiger partial charge in [0.25, 0.3) is 5.91 Å². The second-order valence-corrected chi connectivity index (χ2v) is 11.5. The number of rotatable bonds is 7. The molecule has 0 spiro atoms. The number of fused-ring (bicyclic) bond motifs is 1. The number of hydrogen-bond donors (Lipinski definition) is 2. The smallest absolute Gasteiger partial charge is 0.325 e. The monoisotopic (exact) mass is 488 g/mol. The van der Waals surface area contributed by atoms with Crippen LogP contribution in [0.5, 0.6) is 0 Å². The second-order valence-electron chi connectivity index (χ2n) is 9.23. The number of sulfone groups is 1. The van der Waals surface area contributed by atoms with E-state index >= 15 is 0 Å². The van der Waals surface area contributed by atoms with E-state index < -0.39 is 46.3 Å². The summed E-state index contributed by atoms with van der Waals surface area (Å²) in [4.78, 5) is 44.5. The topological polar surface area (TPSA) is 129 Å². The molecule has 0 saturated carbocycles. The molecule has 5 rings (SSSR count). The first-order valence-corrected chi connectivity index (χ1v) is 13.4. The third kappa shape index (κ3) is 4.54. The number of benzene rings is 1. The van der Waals surface area contributed by atoms with Crippen molar-refractivity contribution < 1.29 is 27.5 Å². The Morgan fingerprint density at radius 2 is 2.03 bits per heavy atom. The summed E-state index contributed by atoms with van der Waals surface area (Å²) in [6.07, 6.45) is 3.99. The van der Waals surface area contributed by atoms with Crippen LogP contribution in [0.25, 0.3) is 10.9 Å². The van der Waals surface area contributed by atoms with Crippen molar-refractivity contribution in [2.75, 3.05) is 31.2 Å². The standard InChI is InChI=1S/C23H28N4O6S/c28-21(26(12-17-4-3-8-33-17)16-7-9-34(31,32)14-16)13-27-22(29)20(25-23(27)30)10-15-11-24-19-6-2-1-5-18(15)19/h1-2,5-6,11,16-17,20,24H,3-4,7-10,12-14H2,(H,25,30)/t16-,17+,20-/m1/s1. The van der Waals surface area contributed by atoms with Crippen molar-refractivity contribution >= 4 is 38.6 Å². The Morgan fingerprint density at radius 1 is 1.21 bits per heavy atom. The van der Waals surface area contributed by atoms with E-state index in [9.17, 15) is 22.8 Å². The highest BCUT2D eigenvalue weighted by Crippen LogP contribution is 2.24. The predicted octanol–water partition coefficient (Wildman–Crippen LogP) is 0.826. The maximum Gasteiger partial charge on any atom is 0.325 e. The minimum Gasteiger partial charge on any atom is -0.376 e. The van der Waals surface area contributed by atoms with Gasteiger partial charge in [-0.25, -0.2) is 13.2 Å². The Labute approximate surface area is 197 Å². The summed E-state index contributed by atoms with van der Waals surface area (Å²) in [5.74, 6) is -0.967. The normalized spacial score (nSPS) is 26.4. The number of nitrogens with zero attached hydrogens (tertiary/aromatic N) is 2. The minimum atomic E-state index is -3.21. The average Bonchev–Trinajstić information content (AvgIpc) is 3.58. The molecule has 4 amide bonds. The van der Waals surface area contributed by atoms with Gasteiger partial charge in [0.05, 0.1) is 17.6 Å². The van der Waals surface area contributed by atoms with E-state index in [1.165, 1.54) is 4.90 Å². The summed E-state index contributed by atoms with van der Waals surface area (Å²) < 4.78 is 29.7. The van der Waals surface area contributed by atoms with Crippen LogP contribution in [0.15, 0.2) is 30.5 Å². The molecular formula is C23H28N4O6S. The second kappa shape index (κ2) is 9.03. The van der Waals surface area contributed by atoms with Crippen molar-refractivity contribution in [1.29, 1.82) is 0 Å². The van der Waals surface area contributed by atoms with Gasteiger partial charge >= 0.3 is 6.03 Å². The molecule has 2 aromatic rings. The number of amides is 4. The van der Waals surface area contributed by atoms with Crippen molar-refractivity contribution in [3.05, 3.63) is 36.0 Å². The Kier molecular flexibility index (Phi) is 6.07. The molecule has 182 valence electrons. The summed E-state index contributed by atoms with van der Waals surface area (Å²) in [6.45, 7) is 0.456. The van der Waals surface area contributed by atoms with Gasteiger partial charge in [0.2, 0.25) is 5.91 Å². The third-order valence-corrected chi connectivity index (χ3v) is 8.64. The van der Waals surface area contributed by atoms with Crippen molar-refractivity contribution in [3.63, 3.8) is 0 Å². The lowest BCUT2D eigenvalue weighted by atomic mass is 10.1. The number of imide groups is 1. The summed E-state index contributed by atoms with van der Waals surface area (Å²) in [5.41, 5.74) is 1.84. The number of urea groups is 1. The van der Waals surface area contributed by atoms with Crippen LogP contribution in [0.2, 0.25) is 0 Å². The lowest BCUT2D eigenvalue weighted by Gasteiger charge is -2.31. The number of aromatic nitrogens is 1. The van der Waals surface area contributed by atoms with E-state index in [1.54, 1.807) is 0 Å². The molecule has 3 aliphatic heterocycles. The fraction of sp³-hybridized carbons (Fsp3) is 0.522. The molecule has 3 aliphatic rings. The molecule has 0 unspecified atom stereocenters. The highest BCUT2D eigenvalue weighted by atomic mass is 32.2. The van der Waals surface area contributed by atoms with Gasteiger partial charge in [0, 0.05) is 42.7 Å². The van der Waals surface area contributed by atoms with Crippen LogP contribution in [0.4, 0.5) is 4.79 Å². The molecule has 0 radical (unpaired) electrons. The highest BCUT2D eigenvalue weighted by Gasteiger charge is 2.42. The lowest BCUT2D eigenvalue weighted by Crippen LogP contribution is -2.50. The van der Waals surface area contributed by atoms with Gasteiger partial charge in [-0.2, -0.15) is 0 Å². The van der Waals surface area contributed by atoms with Gasteiger partial charge < -0.3 is 19.9 Å². The van der Waals surface area contributed by atoms with Gasteiger partial charge in [0.15, 0.2) is 9.84 Å². The minimum absolute atomic E-state index is 0.0306. The van der Waals surface area contributed by atoms with Crippen molar-refractivity contribution in [2.45, 2.75) is 43.9 Å². The maximum absolute atomic E-state index is 13.3. The molecule has 1 aromatic carbocycles. The molecule has 34 heavy (non-hydrogen) atoms. The first-order chi connectivity index (χ1) is 16.3. The predicted molar refractivity (Wildman–Crippen MR) is 124 cm³/mol. The van der Waals surface area contributed by atoms with Crippen LogP contribution in [-0.4, -0.2) is 90.4 Å². The molecular weight excluding hydrogens is 460 g/mol. The van der Waals surface area contributed by atoms with E-state index in [2.05, 4.69) is 10.3 Å². The van der Waals surface area contributed by atoms with Gasteiger partial charge in [-0.3, -0.25) is 14.5 Å². The number of para-hydroxylation sites is 1. The van der Waals surface area contributed by atoms with Crippen LogP contribution in [0.1, 0.15) is 24.8 Å². The highest BCUT2D eigenvalue weighted by molar-refractivity contribution is 7.91. The molecule has 1 aromatic heterocycles. The fourth-order valence-corrected chi connectivity index (χ4v) is 6.83. The Hall–Kier alpha value is -2.92. The van der Waals surface area contributed by atoms with Crippen LogP contribution < -0.4 is 5.32 Å². The molecule has 0 bridgehead atoms. The van der Waals surface area contributed by atoms with E-state index in [-0.39, 0.29) is 24.2 Å². The number of nitrogens with one attached hydrogen (secondary N) is 2. The maximum atomic E-state index is 13.3. The summed E-state index contributed by atoms with van der Waals surface area (Å²) in [6, 6.07) is 5.86. The zero-order valence-corrected chi connectivity index (χ0v) is 19.6. The zero-order chi connectivity index (χ0) is 23.9. The van der Waals surface area contributed by atoms with Gasteiger partial charge in [-0.1, -0.05) is 18.2 Å². The Balaban J connectivity index is 1.29. The van der Waals surface area contributed by atoms with Crippen LogP contribution in [0, 0.1) is 0 Å². The molecule has 11 heteroatoms. The quantitative estimate of drug-likeness (QED) is 0.556. The number of carbonyl (C=O) groups is 3. The molecule has 3 fully saturated rings. The average molecular weight is 489 g/mol. The van der Waals surface area contributed by atoms with Crippen LogP contribution in [-0.2, 0) is 30.6 Å². The SMILES string of the molecule is O=C1N[C@H](Cc2c[nH]c3ccccc23)C(=O)N1CC(=O)N(C[C@@H]1CCCO1)[C@@H]1CCS(=O)(=O)C1. The fourth-order valence-electron chi connectivity index (χ4n) is 5.09. The van der Waals surface area contributed by atoms with Gasteiger partial charge in [-0.05, 0) is 30.9 Å². The van der Waals surface area contributed by atoms with Crippen LogP contribution in [0.3, 0.4) is 0 Å². The first-order valence-electron chi connectivity index (χ1n) is 11.6. The summed E-state index contributed by atoms with van der Waals surface area (Å²) in [7, 11) is -3.21. The van der Waals surface area contributed by atoms with E-state index in [0.29, 0.717) is 19.4 Å². The first kappa shape index (κ1) is 22.9. The Morgan fingerprint density at radius 3 is 2.76 bits per heavy atom. The third-order valence-electron chi connectivity index (χ3n) is 6.89. The lowest BCUT2D eigenvalue weighted by molar-refractivity contribution is -0.139. The number of aromatic amines is 1. The van der Waals surface area contributed by atoms with Crippen molar-refractivity contribution in [1.82, 2.24) is 20.1 Å². The summed E-state index contributed by atoms with van der Waals surface area (Å²) >= 11 is 0. The van der Waals surface area contributed by atoms with Crippen LogP contribution >= 0.6 is 0 Å². The molecule has 3 atom stereocenters. The number of carbonyl (C=O) groups excluding carboxylic acids is 3. The number of H-pyrrole nitrogens is 1. The van der Waals surface area contributed by atoms with Crippen molar-refractivity contribution in [3.8, 4) is 0 Å². The number of hydrogen-bond acceptors (Lipinski definition) is 6. The molecule has 3 saturated heterocycles. The molecule has 10 nitrogen and oxygen atoms in total. The van der Waals surface area contributed by atoms with E-state index in [4.69, 9.17) is 4.74 Å². The Bertz CT molecular complexity index is 1220. The van der Waals surface area contributed by atoms with Gasteiger partial charge in [-0.15, -0.1) is 0 Å².